The fourth-order valence-electron chi connectivity index (χ4n) is 7.48. The van der Waals surface area contributed by atoms with E-state index >= 15 is 0 Å². The molecule has 0 saturated carbocycles. The van der Waals surface area contributed by atoms with E-state index in [0.717, 1.165) is 67.3 Å². The van der Waals surface area contributed by atoms with Crippen LogP contribution in [0.5, 0.6) is 11.8 Å². The Morgan fingerprint density at radius 2 is 1.98 bits per heavy atom. The fourth-order valence-corrected chi connectivity index (χ4v) is 7.76. The molecule has 4 aromatic rings. The van der Waals surface area contributed by atoms with Crippen molar-refractivity contribution in [1.29, 1.82) is 0 Å². The zero-order valence-corrected chi connectivity index (χ0v) is 23.3. The number of piperazine rings is 1. The van der Waals surface area contributed by atoms with Crippen LogP contribution in [0.2, 0.25) is 5.02 Å². The molecule has 0 spiro atoms. The molecule has 8 rings (SSSR count). The van der Waals surface area contributed by atoms with Gasteiger partial charge in [-0.2, -0.15) is 9.97 Å². The summed E-state index contributed by atoms with van der Waals surface area (Å²) in [7, 11) is 0. The Morgan fingerprint density at radius 3 is 2.83 bits per heavy atom. The van der Waals surface area contributed by atoms with Gasteiger partial charge in [-0.05, 0) is 55.8 Å². The summed E-state index contributed by atoms with van der Waals surface area (Å²) in [4.78, 5) is 23.8. The normalized spacial score (nSPS) is 27.7. The second-order valence-electron chi connectivity index (χ2n) is 12.0. The van der Waals surface area contributed by atoms with E-state index in [-0.39, 0.29) is 17.3 Å². The van der Waals surface area contributed by atoms with Crippen molar-refractivity contribution in [1.82, 2.24) is 30.2 Å². The average molecular weight is 576 g/mol. The van der Waals surface area contributed by atoms with Crippen LogP contribution >= 0.6 is 11.6 Å². The van der Waals surface area contributed by atoms with Crippen LogP contribution in [0.3, 0.4) is 0 Å². The molecule has 0 radical (unpaired) electrons. The summed E-state index contributed by atoms with van der Waals surface area (Å²) < 4.78 is 20.7. The van der Waals surface area contributed by atoms with E-state index in [1.54, 1.807) is 18.3 Å². The summed E-state index contributed by atoms with van der Waals surface area (Å²) in [5.41, 5.74) is 0.774. The number of hydrogen-bond donors (Lipinski definition) is 2. The summed E-state index contributed by atoms with van der Waals surface area (Å²) >= 11 is 6.60. The highest BCUT2D eigenvalue weighted by Crippen LogP contribution is 2.41. The van der Waals surface area contributed by atoms with Gasteiger partial charge in [0.2, 0.25) is 0 Å². The third-order valence-electron chi connectivity index (χ3n) is 9.31. The summed E-state index contributed by atoms with van der Waals surface area (Å²) in [6.07, 6.45) is 5.64. The number of rotatable bonds is 5. The molecule has 4 aliphatic rings. The molecule has 0 amide bonds. The average Bonchev–Trinajstić information content (AvgIpc) is 3.61. The van der Waals surface area contributed by atoms with E-state index in [4.69, 9.17) is 36.3 Å². The highest BCUT2D eigenvalue weighted by Gasteiger charge is 2.49. The van der Waals surface area contributed by atoms with Gasteiger partial charge in [0.15, 0.2) is 11.5 Å². The SMILES string of the molecule is Oc1cc(-c2ncc3c(N4CC5CCC(C4)N5)nc(OCC45CCCN4C[C@H](F)C5)nc3n2)c2c(Cl)cccc2c1. The van der Waals surface area contributed by atoms with E-state index in [9.17, 15) is 9.50 Å². The maximum atomic E-state index is 14.4. The first-order valence-corrected chi connectivity index (χ1v) is 14.8. The van der Waals surface area contributed by atoms with Crippen LogP contribution in [0.15, 0.2) is 36.5 Å². The molecule has 9 nitrogen and oxygen atoms in total. The lowest BCUT2D eigenvalue weighted by atomic mass is 9.95. The standard InChI is InChI=1S/C30H31ClFN7O2/c31-24-4-1-3-17-9-21(40)10-22(25(17)24)26-33-12-23-27(35-26)36-29(37-28(23)38-14-19-5-6-20(15-38)34-19)41-16-30-7-2-8-39(30)13-18(32)11-30/h1,3-4,9-10,12,18-20,34,40H,2,5-8,11,13-16H2/t18-,19?,20?,30?/m1/s1. The number of aromatic hydroxyl groups is 1. The van der Waals surface area contributed by atoms with Gasteiger partial charge in [-0.15, -0.1) is 0 Å². The predicted molar refractivity (Wildman–Crippen MR) is 155 cm³/mol. The third-order valence-corrected chi connectivity index (χ3v) is 9.63. The number of nitrogens with zero attached hydrogens (tertiary/aromatic N) is 6. The van der Waals surface area contributed by atoms with Crippen molar-refractivity contribution in [2.75, 3.05) is 37.7 Å². The number of phenols is 1. The van der Waals surface area contributed by atoms with Crippen LogP contribution in [-0.2, 0) is 0 Å². The van der Waals surface area contributed by atoms with Crippen molar-refractivity contribution in [3.05, 3.63) is 41.6 Å². The molecule has 2 aromatic heterocycles. The Balaban J connectivity index is 1.23. The molecule has 3 unspecified atom stereocenters. The molecular weight excluding hydrogens is 545 g/mol. The van der Waals surface area contributed by atoms with Gasteiger partial charge < -0.3 is 20.1 Å². The first-order chi connectivity index (χ1) is 19.9. The second-order valence-corrected chi connectivity index (χ2v) is 12.4. The highest BCUT2D eigenvalue weighted by atomic mass is 35.5. The van der Waals surface area contributed by atoms with E-state index in [0.29, 0.717) is 53.7 Å². The predicted octanol–water partition coefficient (Wildman–Crippen LogP) is 4.49. The molecule has 2 aromatic carbocycles. The van der Waals surface area contributed by atoms with Crippen LogP contribution in [-0.4, -0.2) is 86.5 Å². The number of fused-ring (bicyclic) bond motifs is 5. The van der Waals surface area contributed by atoms with Crippen molar-refractivity contribution < 1.29 is 14.2 Å². The molecule has 41 heavy (non-hydrogen) atoms. The number of halogens is 2. The maximum Gasteiger partial charge on any atom is 0.320 e. The smallest absolute Gasteiger partial charge is 0.320 e. The fraction of sp³-hybridized carbons (Fsp3) is 0.467. The number of alkyl halides is 1. The zero-order valence-electron chi connectivity index (χ0n) is 22.6. The molecule has 4 fully saturated rings. The first-order valence-electron chi connectivity index (χ1n) is 14.4. The van der Waals surface area contributed by atoms with Gasteiger partial charge in [0.25, 0.3) is 0 Å². The minimum absolute atomic E-state index is 0.102. The monoisotopic (exact) mass is 575 g/mol. The number of phenolic OH excluding ortho intramolecular Hbond substituents is 1. The lowest BCUT2D eigenvalue weighted by Gasteiger charge is -2.34. The van der Waals surface area contributed by atoms with Gasteiger partial charge >= 0.3 is 6.01 Å². The third kappa shape index (κ3) is 4.35. The van der Waals surface area contributed by atoms with E-state index < -0.39 is 6.17 Å². The summed E-state index contributed by atoms with van der Waals surface area (Å²) in [5, 5.41) is 17.0. The molecule has 4 atom stereocenters. The molecule has 11 heteroatoms. The minimum Gasteiger partial charge on any atom is -0.508 e. The quantitative estimate of drug-likeness (QED) is 0.356. The Labute approximate surface area is 241 Å². The second kappa shape index (κ2) is 9.61. The van der Waals surface area contributed by atoms with E-state index in [1.165, 1.54) is 0 Å². The van der Waals surface area contributed by atoms with Crippen molar-refractivity contribution in [3.8, 4) is 23.1 Å². The number of aromatic nitrogens is 4. The number of ether oxygens (including phenoxy) is 1. The molecular formula is C30H31ClFN7O2. The Kier molecular flexibility index (Phi) is 5.95. The summed E-state index contributed by atoms with van der Waals surface area (Å²) in [5.74, 6) is 1.26. The van der Waals surface area contributed by atoms with Gasteiger partial charge in [0, 0.05) is 60.3 Å². The molecule has 2 bridgehead atoms. The van der Waals surface area contributed by atoms with Gasteiger partial charge in [0.1, 0.15) is 24.3 Å². The van der Waals surface area contributed by atoms with E-state index in [2.05, 4.69) is 15.1 Å². The number of nitrogens with one attached hydrogen (secondary N) is 1. The largest absolute Gasteiger partial charge is 0.508 e. The summed E-state index contributed by atoms with van der Waals surface area (Å²) in [6, 6.07) is 9.92. The zero-order chi connectivity index (χ0) is 27.7. The Bertz CT molecular complexity index is 1660. The van der Waals surface area contributed by atoms with Crippen LogP contribution < -0.4 is 15.0 Å². The summed E-state index contributed by atoms with van der Waals surface area (Å²) in [6.45, 7) is 3.37. The lowest BCUT2D eigenvalue weighted by molar-refractivity contribution is 0.107. The highest BCUT2D eigenvalue weighted by molar-refractivity contribution is 6.36. The van der Waals surface area contributed by atoms with Crippen molar-refractivity contribution in [2.24, 2.45) is 0 Å². The molecule has 4 saturated heterocycles. The van der Waals surface area contributed by atoms with Gasteiger partial charge in [-0.1, -0.05) is 23.7 Å². The van der Waals surface area contributed by atoms with Crippen molar-refractivity contribution in [3.63, 3.8) is 0 Å². The molecule has 6 heterocycles. The Morgan fingerprint density at radius 1 is 1.12 bits per heavy atom. The molecule has 2 N–H and O–H groups in total. The molecule has 4 aliphatic heterocycles. The van der Waals surface area contributed by atoms with Gasteiger partial charge in [-0.3, -0.25) is 4.90 Å². The molecule has 212 valence electrons. The first kappa shape index (κ1) is 25.4. The number of hydrogen-bond acceptors (Lipinski definition) is 9. The van der Waals surface area contributed by atoms with Crippen LogP contribution in [0.4, 0.5) is 10.2 Å². The molecule has 0 aliphatic carbocycles. The van der Waals surface area contributed by atoms with Crippen LogP contribution in [0, 0.1) is 0 Å². The van der Waals surface area contributed by atoms with Crippen molar-refractivity contribution >= 4 is 39.2 Å². The topological polar surface area (TPSA) is 99.5 Å². The number of anilines is 1. The lowest BCUT2D eigenvalue weighted by Crippen LogP contribution is -2.51. The van der Waals surface area contributed by atoms with Crippen LogP contribution in [0.25, 0.3) is 33.2 Å². The number of benzene rings is 2. The van der Waals surface area contributed by atoms with Crippen molar-refractivity contribution in [2.45, 2.75) is 55.9 Å². The van der Waals surface area contributed by atoms with Gasteiger partial charge in [0.05, 0.1) is 10.9 Å². The minimum atomic E-state index is -0.831. The van der Waals surface area contributed by atoms with E-state index in [1.807, 2.05) is 18.2 Å². The maximum absolute atomic E-state index is 14.4. The van der Waals surface area contributed by atoms with Gasteiger partial charge in [-0.25, -0.2) is 14.4 Å². The Hall–Kier alpha value is -3.34. The van der Waals surface area contributed by atoms with Crippen LogP contribution in [0.1, 0.15) is 32.1 Å².